The van der Waals surface area contributed by atoms with Gasteiger partial charge in [-0.25, -0.2) is 4.68 Å². The van der Waals surface area contributed by atoms with Crippen LogP contribution in [-0.2, 0) is 6.54 Å². The first-order valence-electron chi connectivity index (χ1n) is 4.11. The number of rotatable bonds is 2. The molecule has 0 radical (unpaired) electrons. The highest BCUT2D eigenvalue weighted by molar-refractivity contribution is 5.16. The summed E-state index contributed by atoms with van der Waals surface area (Å²) in [5.41, 5.74) is 0.118. The van der Waals surface area contributed by atoms with Gasteiger partial charge in [0.1, 0.15) is 6.07 Å². The number of nitriles is 1. The van der Waals surface area contributed by atoms with Gasteiger partial charge in [-0.2, -0.15) is 10.4 Å². The standard InChI is InChI=1S/C9H11N3O/c1-7(2)6-12-9(13)4-3-8(5-10)11-12/h3-4,7H,6H2,1-2H3. The second kappa shape index (κ2) is 3.85. The largest absolute Gasteiger partial charge is 0.268 e. The Morgan fingerprint density at radius 3 is 2.85 bits per heavy atom. The molecule has 0 atom stereocenters. The average Bonchev–Trinajstić information content (AvgIpc) is 2.08. The van der Waals surface area contributed by atoms with Crippen LogP contribution in [0.15, 0.2) is 16.9 Å². The summed E-state index contributed by atoms with van der Waals surface area (Å²) in [6.07, 6.45) is 0. The van der Waals surface area contributed by atoms with Crippen molar-refractivity contribution in [3.8, 4) is 6.07 Å². The maximum atomic E-state index is 11.2. The van der Waals surface area contributed by atoms with E-state index < -0.39 is 0 Å². The first kappa shape index (κ1) is 9.46. The van der Waals surface area contributed by atoms with Gasteiger partial charge < -0.3 is 0 Å². The molecule has 0 saturated heterocycles. The molecule has 0 fully saturated rings. The Hall–Kier alpha value is -1.63. The summed E-state index contributed by atoms with van der Waals surface area (Å²) >= 11 is 0. The lowest BCUT2D eigenvalue weighted by Crippen LogP contribution is -2.24. The van der Waals surface area contributed by atoms with Crippen molar-refractivity contribution in [2.24, 2.45) is 5.92 Å². The molecule has 1 rings (SSSR count). The molecule has 0 aromatic carbocycles. The Labute approximate surface area is 76.4 Å². The highest BCUT2D eigenvalue weighted by Gasteiger charge is 2.01. The summed E-state index contributed by atoms with van der Waals surface area (Å²) in [6, 6.07) is 4.70. The monoisotopic (exact) mass is 177 g/mol. The third-order valence-electron chi connectivity index (χ3n) is 1.52. The molecule has 0 unspecified atom stereocenters. The van der Waals surface area contributed by atoms with Crippen molar-refractivity contribution >= 4 is 0 Å². The van der Waals surface area contributed by atoms with Crippen molar-refractivity contribution in [2.75, 3.05) is 0 Å². The molecule has 0 spiro atoms. The highest BCUT2D eigenvalue weighted by Crippen LogP contribution is 1.94. The smallest absolute Gasteiger partial charge is 0.266 e. The Kier molecular flexibility index (Phi) is 2.80. The maximum Gasteiger partial charge on any atom is 0.266 e. The van der Waals surface area contributed by atoms with Crippen LogP contribution in [0.1, 0.15) is 19.5 Å². The minimum Gasteiger partial charge on any atom is -0.268 e. The predicted octanol–water partition coefficient (Wildman–Crippen LogP) is 0.771. The Balaban J connectivity index is 3.06. The second-order valence-electron chi connectivity index (χ2n) is 3.24. The fourth-order valence-corrected chi connectivity index (χ4v) is 0.985. The molecular weight excluding hydrogens is 166 g/mol. The fourth-order valence-electron chi connectivity index (χ4n) is 0.985. The molecule has 0 bridgehead atoms. The van der Waals surface area contributed by atoms with Crippen LogP contribution in [0.3, 0.4) is 0 Å². The van der Waals surface area contributed by atoms with E-state index in [0.717, 1.165) is 0 Å². The van der Waals surface area contributed by atoms with E-state index >= 15 is 0 Å². The molecule has 0 saturated carbocycles. The van der Waals surface area contributed by atoms with Gasteiger partial charge in [-0.3, -0.25) is 4.79 Å². The Morgan fingerprint density at radius 1 is 1.62 bits per heavy atom. The number of aromatic nitrogens is 2. The summed E-state index contributed by atoms with van der Waals surface area (Å²) in [5, 5.41) is 12.4. The van der Waals surface area contributed by atoms with Crippen LogP contribution in [0, 0.1) is 17.2 Å². The number of nitrogens with zero attached hydrogens (tertiary/aromatic N) is 3. The normalized spacial score (nSPS) is 10.0. The van der Waals surface area contributed by atoms with Gasteiger partial charge in [0.25, 0.3) is 5.56 Å². The quantitative estimate of drug-likeness (QED) is 0.670. The van der Waals surface area contributed by atoms with Crippen LogP contribution in [0.25, 0.3) is 0 Å². The molecule has 1 aromatic rings. The zero-order valence-electron chi connectivity index (χ0n) is 7.69. The summed E-state index contributed by atoms with van der Waals surface area (Å²) in [5.74, 6) is 0.346. The van der Waals surface area contributed by atoms with Crippen LogP contribution in [0.4, 0.5) is 0 Å². The molecule has 1 aromatic heterocycles. The van der Waals surface area contributed by atoms with Crippen molar-refractivity contribution in [3.05, 3.63) is 28.2 Å². The van der Waals surface area contributed by atoms with Gasteiger partial charge in [0.05, 0.1) is 0 Å². The zero-order valence-corrected chi connectivity index (χ0v) is 7.69. The lowest BCUT2D eigenvalue weighted by molar-refractivity contribution is 0.462. The molecule has 0 amide bonds. The molecule has 0 aliphatic carbocycles. The van der Waals surface area contributed by atoms with Crippen molar-refractivity contribution < 1.29 is 0 Å². The van der Waals surface area contributed by atoms with E-state index in [9.17, 15) is 4.79 Å². The zero-order chi connectivity index (χ0) is 9.84. The van der Waals surface area contributed by atoms with Crippen LogP contribution in [-0.4, -0.2) is 9.78 Å². The van der Waals surface area contributed by atoms with E-state index in [-0.39, 0.29) is 11.3 Å². The van der Waals surface area contributed by atoms with Gasteiger partial charge >= 0.3 is 0 Å². The third kappa shape index (κ3) is 2.41. The van der Waals surface area contributed by atoms with Gasteiger partial charge in [-0.1, -0.05) is 13.8 Å². The SMILES string of the molecule is CC(C)Cn1nc(C#N)ccc1=O. The number of hydrogen-bond donors (Lipinski definition) is 0. The molecule has 0 aliphatic rings. The van der Waals surface area contributed by atoms with Crippen LogP contribution in [0.5, 0.6) is 0 Å². The van der Waals surface area contributed by atoms with E-state index in [0.29, 0.717) is 12.5 Å². The maximum absolute atomic E-state index is 11.2. The van der Waals surface area contributed by atoms with Gasteiger partial charge in [-0.15, -0.1) is 0 Å². The van der Waals surface area contributed by atoms with Crippen LogP contribution in [0.2, 0.25) is 0 Å². The van der Waals surface area contributed by atoms with Crippen molar-refractivity contribution in [3.63, 3.8) is 0 Å². The molecule has 0 aliphatic heterocycles. The lowest BCUT2D eigenvalue weighted by atomic mass is 10.2. The van der Waals surface area contributed by atoms with E-state index in [1.165, 1.54) is 16.8 Å². The van der Waals surface area contributed by atoms with Crippen LogP contribution >= 0.6 is 0 Å². The van der Waals surface area contributed by atoms with Crippen molar-refractivity contribution in [1.82, 2.24) is 9.78 Å². The Morgan fingerprint density at radius 2 is 2.31 bits per heavy atom. The minimum absolute atomic E-state index is 0.160. The predicted molar refractivity (Wildman–Crippen MR) is 48.1 cm³/mol. The Bertz CT molecular complexity index is 387. The molecule has 4 nitrogen and oxygen atoms in total. The third-order valence-corrected chi connectivity index (χ3v) is 1.52. The topological polar surface area (TPSA) is 58.7 Å². The van der Waals surface area contributed by atoms with Gasteiger partial charge in [-0.05, 0) is 12.0 Å². The molecule has 1 heterocycles. The number of hydrogen-bond acceptors (Lipinski definition) is 3. The lowest BCUT2D eigenvalue weighted by Gasteiger charge is -2.06. The van der Waals surface area contributed by atoms with E-state index in [1.54, 1.807) is 0 Å². The summed E-state index contributed by atoms with van der Waals surface area (Å²) < 4.78 is 1.32. The molecule has 68 valence electrons. The highest BCUT2D eigenvalue weighted by atomic mass is 16.1. The van der Waals surface area contributed by atoms with E-state index in [2.05, 4.69) is 5.10 Å². The second-order valence-corrected chi connectivity index (χ2v) is 3.24. The van der Waals surface area contributed by atoms with E-state index in [1.807, 2.05) is 19.9 Å². The van der Waals surface area contributed by atoms with Gasteiger partial charge in [0.2, 0.25) is 0 Å². The van der Waals surface area contributed by atoms with Gasteiger partial charge in [0, 0.05) is 12.6 Å². The fraction of sp³-hybridized carbons (Fsp3) is 0.444. The molecule has 4 heteroatoms. The summed E-state index contributed by atoms with van der Waals surface area (Å²) in [6.45, 7) is 4.54. The summed E-state index contributed by atoms with van der Waals surface area (Å²) in [4.78, 5) is 11.2. The van der Waals surface area contributed by atoms with Gasteiger partial charge in [0.15, 0.2) is 5.69 Å². The van der Waals surface area contributed by atoms with Crippen molar-refractivity contribution in [1.29, 1.82) is 5.26 Å². The minimum atomic E-state index is -0.160. The molecule has 0 N–H and O–H groups in total. The first-order chi connectivity index (χ1) is 6.13. The molecular formula is C9H11N3O. The van der Waals surface area contributed by atoms with Crippen molar-refractivity contribution in [2.45, 2.75) is 20.4 Å². The summed E-state index contributed by atoms with van der Waals surface area (Å²) in [7, 11) is 0. The van der Waals surface area contributed by atoms with E-state index in [4.69, 9.17) is 5.26 Å². The van der Waals surface area contributed by atoms with Crippen LogP contribution < -0.4 is 5.56 Å². The average molecular weight is 177 g/mol. The first-order valence-corrected chi connectivity index (χ1v) is 4.11. The molecule has 13 heavy (non-hydrogen) atoms.